The predicted molar refractivity (Wildman–Crippen MR) is 223 cm³/mol. The van der Waals surface area contributed by atoms with Gasteiger partial charge in [-0.1, -0.05) is 97.1 Å². The second-order valence-electron chi connectivity index (χ2n) is 14.0. The number of aromatic nitrogens is 2. The summed E-state index contributed by atoms with van der Waals surface area (Å²) in [6, 6.07) is 55.7. The van der Waals surface area contributed by atoms with Crippen LogP contribution in [0, 0.1) is 0 Å². The first kappa shape index (κ1) is 30.6. The van der Waals surface area contributed by atoms with Crippen molar-refractivity contribution in [2.45, 2.75) is 6.82 Å². The summed E-state index contributed by atoms with van der Waals surface area (Å²) in [5, 5.41) is 6.94. The molecule has 0 unspecified atom stereocenters. The number of para-hydroxylation sites is 2. The SMILES string of the molecule is CB1Oc2cc3ccccc3cc2C2=N/C(=C(/c3ccc(-n4c5ccccc5c5ccccc54)cc3)c3ccc([nH]3)-c3cc4ccccc4cc3O1)C=C2. The molecule has 1 N–H and O–H groups in total. The molecule has 0 fully saturated rings. The fourth-order valence-corrected chi connectivity index (χ4v) is 8.19. The lowest BCUT2D eigenvalue weighted by Gasteiger charge is -2.19. The van der Waals surface area contributed by atoms with E-state index in [1.807, 2.05) is 6.82 Å². The van der Waals surface area contributed by atoms with Gasteiger partial charge in [0.25, 0.3) is 0 Å². The van der Waals surface area contributed by atoms with Gasteiger partial charge in [-0.2, -0.15) is 0 Å². The molecule has 0 aliphatic carbocycles. The molecule has 5 nitrogen and oxygen atoms in total. The van der Waals surface area contributed by atoms with E-state index < -0.39 is 7.12 Å². The molecule has 4 bridgehead atoms. The third-order valence-electron chi connectivity index (χ3n) is 10.7. The summed E-state index contributed by atoms with van der Waals surface area (Å²) in [7, 11) is -0.577. The maximum absolute atomic E-state index is 6.67. The van der Waals surface area contributed by atoms with Crippen molar-refractivity contribution >= 4 is 61.8 Å². The van der Waals surface area contributed by atoms with Crippen molar-refractivity contribution < 1.29 is 9.31 Å². The molecule has 9 aromatic rings. The summed E-state index contributed by atoms with van der Waals surface area (Å²) in [6.07, 6.45) is 4.21. The average Bonchev–Trinajstić information content (AvgIpc) is 3.96. The molecule has 2 aromatic heterocycles. The van der Waals surface area contributed by atoms with Crippen LogP contribution in [-0.2, 0) is 0 Å². The van der Waals surface area contributed by atoms with Gasteiger partial charge in [0.15, 0.2) is 0 Å². The highest BCUT2D eigenvalue weighted by Gasteiger charge is 2.25. The smallest absolute Gasteiger partial charge is 0.525 e. The Labute approximate surface area is 312 Å². The number of allylic oxidation sites excluding steroid dienone is 2. The van der Waals surface area contributed by atoms with E-state index in [4.69, 9.17) is 14.3 Å². The molecule has 0 spiro atoms. The molecule has 254 valence electrons. The van der Waals surface area contributed by atoms with Crippen molar-refractivity contribution in [2.24, 2.45) is 4.99 Å². The molecule has 7 aromatic carbocycles. The molecule has 11 rings (SSSR count). The number of aromatic amines is 1. The minimum Gasteiger partial charge on any atom is -0.525 e. The first-order chi connectivity index (χ1) is 26.6. The van der Waals surface area contributed by atoms with Crippen LogP contribution in [0.1, 0.15) is 16.8 Å². The number of nitrogens with one attached hydrogen (secondary N) is 1. The number of H-pyrrole nitrogens is 1. The van der Waals surface area contributed by atoms with Crippen molar-refractivity contribution in [1.29, 1.82) is 0 Å². The first-order valence-corrected chi connectivity index (χ1v) is 18.3. The minimum atomic E-state index is -0.577. The Bertz CT molecular complexity index is 3020. The van der Waals surface area contributed by atoms with Crippen LogP contribution in [0.3, 0.4) is 0 Å². The number of nitrogens with zero attached hydrogens (tertiary/aromatic N) is 2. The van der Waals surface area contributed by atoms with Gasteiger partial charge in [0.05, 0.1) is 22.4 Å². The molecule has 2 aliphatic rings. The van der Waals surface area contributed by atoms with Crippen molar-refractivity contribution in [3.63, 3.8) is 0 Å². The van der Waals surface area contributed by atoms with E-state index in [2.05, 4.69) is 179 Å². The second kappa shape index (κ2) is 12.0. The monoisotopic (exact) mass is 693 g/mol. The first-order valence-electron chi connectivity index (χ1n) is 18.3. The summed E-state index contributed by atoms with van der Waals surface area (Å²) >= 11 is 0. The normalized spacial score (nSPS) is 15.2. The highest BCUT2D eigenvalue weighted by Crippen LogP contribution is 2.40. The van der Waals surface area contributed by atoms with Crippen LogP contribution in [0.25, 0.3) is 65.9 Å². The van der Waals surface area contributed by atoms with Crippen molar-refractivity contribution in [2.75, 3.05) is 0 Å². The average molecular weight is 694 g/mol. The Balaban J connectivity index is 1.12. The Morgan fingerprint density at radius 2 is 1.07 bits per heavy atom. The number of hydrogen-bond acceptors (Lipinski definition) is 3. The topological polar surface area (TPSA) is 51.5 Å². The molecule has 0 atom stereocenters. The lowest BCUT2D eigenvalue weighted by atomic mass is 9.92. The fraction of sp³-hybridized carbons (Fsp3) is 0.0208. The highest BCUT2D eigenvalue weighted by molar-refractivity contribution is 6.45. The molecule has 4 heterocycles. The quantitative estimate of drug-likeness (QED) is 0.183. The predicted octanol–water partition coefficient (Wildman–Crippen LogP) is 11.8. The Morgan fingerprint density at radius 3 is 1.72 bits per heavy atom. The number of hydrogen-bond donors (Lipinski definition) is 1. The molecular formula is C48H32BN3O2. The van der Waals surface area contributed by atoms with Crippen LogP contribution in [-0.4, -0.2) is 22.4 Å². The maximum Gasteiger partial charge on any atom is 0.591 e. The Kier molecular flexibility index (Phi) is 6.80. The van der Waals surface area contributed by atoms with Gasteiger partial charge in [0.2, 0.25) is 0 Å². The zero-order chi connectivity index (χ0) is 35.8. The molecular weight excluding hydrogens is 661 g/mol. The van der Waals surface area contributed by atoms with Crippen LogP contribution in [0.5, 0.6) is 11.5 Å². The molecule has 54 heavy (non-hydrogen) atoms. The molecule has 0 amide bonds. The molecule has 0 saturated carbocycles. The third-order valence-corrected chi connectivity index (χ3v) is 10.7. The van der Waals surface area contributed by atoms with Gasteiger partial charge in [0.1, 0.15) is 11.5 Å². The molecule has 6 heteroatoms. The van der Waals surface area contributed by atoms with Crippen molar-refractivity contribution in [3.05, 3.63) is 192 Å². The summed E-state index contributed by atoms with van der Waals surface area (Å²) in [4.78, 5) is 9.10. The van der Waals surface area contributed by atoms with Gasteiger partial charge in [-0.3, -0.25) is 0 Å². The van der Waals surface area contributed by atoms with E-state index in [1.54, 1.807) is 0 Å². The summed E-state index contributed by atoms with van der Waals surface area (Å²) in [5.74, 6) is 1.47. The largest absolute Gasteiger partial charge is 0.591 e. The van der Waals surface area contributed by atoms with Crippen LogP contribution in [0.2, 0.25) is 6.82 Å². The van der Waals surface area contributed by atoms with E-state index in [0.29, 0.717) is 0 Å². The lowest BCUT2D eigenvalue weighted by Crippen LogP contribution is -2.26. The van der Waals surface area contributed by atoms with Crippen LogP contribution in [0.4, 0.5) is 0 Å². The number of benzene rings is 7. The summed E-state index contributed by atoms with van der Waals surface area (Å²) < 4.78 is 15.7. The molecule has 0 radical (unpaired) electrons. The number of fused-ring (bicyclic) bond motifs is 12. The van der Waals surface area contributed by atoms with Crippen molar-refractivity contribution in [3.8, 4) is 28.4 Å². The minimum absolute atomic E-state index is 0.577. The van der Waals surface area contributed by atoms with Gasteiger partial charge >= 0.3 is 7.12 Å². The second-order valence-corrected chi connectivity index (χ2v) is 14.0. The van der Waals surface area contributed by atoms with E-state index in [1.165, 1.54) is 21.8 Å². The highest BCUT2D eigenvalue weighted by atomic mass is 16.6. The number of aliphatic imine (C=N–C) groups is 1. The summed E-state index contributed by atoms with van der Waals surface area (Å²) in [5.41, 5.74) is 11.1. The van der Waals surface area contributed by atoms with E-state index in [9.17, 15) is 0 Å². The molecule has 2 aliphatic heterocycles. The van der Waals surface area contributed by atoms with E-state index >= 15 is 0 Å². The Morgan fingerprint density at radius 1 is 0.537 bits per heavy atom. The zero-order valence-corrected chi connectivity index (χ0v) is 29.5. The van der Waals surface area contributed by atoms with Gasteiger partial charge in [0, 0.05) is 44.5 Å². The molecule has 0 saturated heterocycles. The van der Waals surface area contributed by atoms with Crippen LogP contribution < -0.4 is 9.31 Å². The lowest BCUT2D eigenvalue weighted by molar-refractivity contribution is 0.432. The van der Waals surface area contributed by atoms with Crippen LogP contribution >= 0.6 is 0 Å². The van der Waals surface area contributed by atoms with Gasteiger partial charge < -0.3 is 18.9 Å². The third kappa shape index (κ3) is 4.91. The fourth-order valence-electron chi connectivity index (χ4n) is 8.19. The zero-order valence-electron chi connectivity index (χ0n) is 29.5. The van der Waals surface area contributed by atoms with Gasteiger partial charge in [-0.25, -0.2) is 4.99 Å². The van der Waals surface area contributed by atoms with Crippen molar-refractivity contribution in [1.82, 2.24) is 9.55 Å². The van der Waals surface area contributed by atoms with E-state index in [-0.39, 0.29) is 0 Å². The van der Waals surface area contributed by atoms with Gasteiger partial charge in [-0.15, -0.1) is 0 Å². The van der Waals surface area contributed by atoms with Gasteiger partial charge in [-0.05, 0) is 107 Å². The number of rotatable bonds is 2. The van der Waals surface area contributed by atoms with Crippen LogP contribution in [0.15, 0.2) is 181 Å². The standard InChI is InChI=1S/C48H32BN3O2/c1-49-53-46-28-33-12-4-2-10-31(33)26-38(46)40-22-24-42(50-40)48(43-25-23-41(51-43)39-27-32-11-3-5-13-34(32)29-47(39)54-49)30-18-20-35(21-19-30)52-44-16-8-6-14-36(44)37-15-7-9-17-45(37)52/h2-29,50H,1H3/b48-43-. The maximum atomic E-state index is 6.67. The van der Waals surface area contributed by atoms with E-state index in [0.717, 1.165) is 83.8 Å². The Hall–Kier alpha value is -7.05. The summed E-state index contributed by atoms with van der Waals surface area (Å²) in [6.45, 7) is 1.95.